The second-order valence-electron chi connectivity index (χ2n) is 12.7. The third-order valence-electron chi connectivity index (χ3n) is 9.30. The molecule has 4 heterocycles. The van der Waals surface area contributed by atoms with Crippen LogP contribution >= 0.6 is 11.6 Å². The smallest absolute Gasteiger partial charge is 0.273 e. The number of amides is 2. The molecule has 0 saturated carbocycles. The Balaban J connectivity index is 1.42. The van der Waals surface area contributed by atoms with E-state index in [2.05, 4.69) is 73.5 Å². The van der Waals surface area contributed by atoms with Crippen molar-refractivity contribution in [3.63, 3.8) is 0 Å². The maximum absolute atomic E-state index is 15.9. The number of ether oxygens (including phenoxy) is 1. The van der Waals surface area contributed by atoms with E-state index in [0.717, 1.165) is 39.1 Å². The standard InChI is InChI=1S/C33H46ClFN10O3/c1-7-8-23-30(34)24(17-37-33(23)48-6)31(46)38-26-16-28(25(35)15-29(26)44-18-21(2)42(5)22(3)19-44)45-20-27(39-40-45)32(47)36-9-10-43-13-11-41(4)12-14-43/h15-17,20-22H,7-14,18-19H2,1-6H3,(H,36,47)(H,38,46)/t21-,22+. The average molecular weight is 685 g/mol. The van der Waals surface area contributed by atoms with Gasteiger partial charge in [0, 0.05) is 82.3 Å². The van der Waals surface area contributed by atoms with Gasteiger partial charge in [-0.15, -0.1) is 5.10 Å². The van der Waals surface area contributed by atoms with Crippen LogP contribution in [0, 0.1) is 5.82 Å². The Kier molecular flexibility index (Phi) is 11.5. The zero-order valence-electron chi connectivity index (χ0n) is 28.6. The topological polar surface area (TPSA) is 124 Å². The monoisotopic (exact) mass is 684 g/mol. The first kappa shape index (κ1) is 35.5. The van der Waals surface area contributed by atoms with Crippen LogP contribution < -0.4 is 20.3 Å². The molecule has 3 aromatic rings. The molecule has 0 unspecified atom stereocenters. The predicted molar refractivity (Wildman–Crippen MR) is 184 cm³/mol. The number of nitrogens with one attached hydrogen (secondary N) is 2. The largest absolute Gasteiger partial charge is 0.481 e. The summed E-state index contributed by atoms with van der Waals surface area (Å²) in [6.07, 6.45) is 4.13. The first-order chi connectivity index (χ1) is 23.0. The molecule has 1 aromatic carbocycles. The van der Waals surface area contributed by atoms with Crippen LogP contribution in [0.4, 0.5) is 15.8 Å². The number of carbonyl (C=O) groups is 2. The van der Waals surface area contributed by atoms with Gasteiger partial charge >= 0.3 is 0 Å². The summed E-state index contributed by atoms with van der Waals surface area (Å²) in [7, 11) is 5.67. The molecule has 2 N–H and O–H groups in total. The summed E-state index contributed by atoms with van der Waals surface area (Å²) in [4.78, 5) is 39.9. The van der Waals surface area contributed by atoms with Gasteiger partial charge in [-0.05, 0) is 40.4 Å². The molecule has 5 rings (SSSR count). The molecule has 2 fully saturated rings. The lowest BCUT2D eigenvalue weighted by Crippen LogP contribution is -2.55. The van der Waals surface area contributed by atoms with Gasteiger partial charge < -0.3 is 25.2 Å². The second-order valence-corrected chi connectivity index (χ2v) is 13.1. The quantitative estimate of drug-likeness (QED) is 0.311. The molecule has 2 atom stereocenters. The van der Waals surface area contributed by atoms with Crippen LogP contribution in [0.1, 0.15) is 53.6 Å². The number of hydrogen-bond donors (Lipinski definition) is 2. The number of piperazine rings is 2. The fraction of sp³-hybridized carbons (Fsp3) is 0.545. The van der Waals surface area contributed by atoms with Crippen LogP contribution in [-0.2, 0) is 6.42 Å². The van der Waals surface area contributed by atoms with Crippen LogP contribution in [0.2, 0.25) is 5.02 Å². The molecule has 2 amide bonds. The highest BCUT2D eigenvalue weighted by Crippen LogP contribution is 2.35. The summed E-state index contributed by atoms with van der Waals surface area (Å²) < 4.78 is 22.5. The van der Waals surface area contributed by atoms with Gasteiger partial charge in [-0.2, -0.15) is 0 Å². The molecule has 0 spiro atoms. The van der Waals surface area contributed by atoms with E-state index >= 15 is 4.39 Å². The minimum atomic E-state index is -0.580. The number of aromatic nitrogens is 4. The molecule has 0 bridgehead atoms. The number of carbonyl (C=O) groups excluding carboxylic acids is 2. The first-order valence-corrected chi connectivity index (χ1v) is 16.8. The summed E-state index contributed by atoms with van der Waals surface area (Å²) >= 11 is 6.72. The van der Waals surface area contributed by atoms with Gasteiger partial charge in [0.15, 0.2) is 11.5 Å². The van der Waals surface area contributed by atoms with E-state index in [1.807, 2.05) is 6.92 Å². The van der Waals surface area contributed by atoms with E-state index in [0.29, 0.717) is 48.9 Å². The summed E-state index contributed by atoms with van der Waals surface area (Å²) in [6, 6.07) is 3.27. The van der Waals surface area contributed by atoms with E-state index in [4.69, 9.17) is 16.3 Å². The van der Waals surface area contributed by atoms with Crippen molar-refractivity contribution in [1.29, 1.82) is 0 Å². The van der Waals surface area contributed by atoms with Crippen molar-refractivity contribution in [2.45, 2.75) is 45.7 Å². The zero-order valence-corrected chi connectivity index (χ0v) is 29.3. The van der Waals surface area contributed by atoms with Crippen molar-refractivity contribution in [3.8, 4) is 11.6 Å². The summed E-state index contributed by atoms with van der Waals surface area (Å²) in [5.74, 6) is -1.11. The number of rotatable bonds is 11. The van der Waals surface area contributed by atoms with Gasteiger partial charge in [-0.25, -0.2) is 14.1 Å². The molecule has 2 aromatic heterocycles. The molecule has 2 saturated heterocycles. The van der Waals surface area contributed by atoms with E-state index in [-0.39, 0.29) is 34.1 Å². The van der Waals surface area contributed by atoms with E-state index in [9.17, 15) is 9.59 Å². The van der Waals surface area contributed by atoms with Crippen molar-refractivity contribution < 1.29 is 18.7 Å². The van der Waals surface area contributed by atoms with Gasteiger partial charge in [0.25, 0.3) is 11.8 Å². The maximum atomic E-state index is 15.9. The molecule has 15 heteroatoms. The Labute approximate surface area is 286 Å². The minimum absolute atomic E-state index is 0.0267. The molecule has 0 aliphatic carbocycles. The Morgan fingerprint density at radius 2 is 1.77 bits per heavy atom. The predicted octanol–water partition coefficient (Wildman–Crippen LogP) is 3.17. The Morgan fingerprint density at radius 1 is 1.06 bits per heavy atom. The van der Waals surface area contributed by atoms with Crippen LogP contribution in [-0.4, -0.2) is 132 Å². The number of likely N-dealkylation sites (N-methyl/N-ethyl adjacent to an activating group) is 2. The van der Waals surface area contributed by atoms with E-state index < -0.39 is 17.6 Å². The van der Waals surface area contributed by atoms with Crippen molar-refractivity contribution in [1.82, 2.24) is 40.0 Å². The Hall–Kier alpha value is -3.85. The van der Waals surface area contributed by atoms with Crippen molar-refractivity contribution in [2.75, 3.05) is 83.8 Å². The first-order valence-electron chi connectivity index (χ1n) is 16.5. The molecule has 2 aliphatic rings. The van der Waals surface area contributed by atoms with Crippen LogP contribution in [0.3, 0.4) is 0 Å². The third kappa shape index (κ3) is 7.88. The normalized spacial score (nSPS) is 19.4. The number of pyridine rings is 1. The van der Waals surface area contributed by atoms with Crippen molar-refractivity contribution >= 4 is 34.8 Å². The number of nitrogens with zero attached hydrogens (tertiary/aromatic N) is 8. The highest BCUT2D eigenvalue weighted by Gasteiger charge is 2.30. The summed E-state index contributed by atoms with van der Waals surface area (Å²) in [5, 5.41) is 14.2. The lowest BCUT2D eigenvalue weighted by Gasteiger charge is -2.44. The summed E-state index contributed by atoms with van der Waals surface area (Å²) in [5.41, 5.74) is 1.78. The number of methoxy groups -OCH3 is 1. The lowest BCUT2D eigenvalue weighted by molar-refractivity contribution is 0.0935. The number of halogens is 2. The Bertz CT molecular complexity index is 1600. The van der Waals surface area contributed by atoms with E-state index in [1.165, 1.54) is 36.3 Å². The number of hydrogen-bond acceptors (Lipinski definition) is 10. The lowest BCUT2D eigenvalue weighted by atomic mass is 10.1. The highest BCUT2D eigenvalue weighted by atomic mass is 35.5. The molecule has 2 aliphatic heterocycles. The number of anilines is 2. The fourth-order valence-electron chi connectivity index (χ4n) is 6.17. The van der Waals surface area contributed by atoms with Gasteiger partial charge in [-0.1, -0.05) is 30.2 Å². The van der Waals surface area contributed by atoms with Gasteiger partial charge in [0.2, 0.25) is 5.88 Å². The van der Waals surface area contributed by atoms with Crippen molar-refractivity contribution in [3.05, 3.63) is 52.2 Å². The minimum Gasteiger partial charge on any atom is -0.481 e. The van der Waals surface area contributed by atoms with E-state index in [1.54, 1.807) is 0 Å². The second kappa shape index (κ2) is 15.6. The molecule has 0 radical (unpaired) electrons. The maximum Gasteiger partial charge on any atom is 0.273 e. The molecule has 48 heavy (non-hydrogen) atoms. The van der Waals surface area contributed by atoms with Gasteiger partial charge in [0.05, 0.1) is 35.3 Å². The Morgan fingerprint density at radius 3 is 2.44 bits per heavy atom. The van der Waals surface area contributed by atoms with Crippen LogP contribution in [0.5, 0.6) is 5.88 Å². The molecular formula is C33H46ClFN10O3. The average Bonchev–Trinajstić information content (AvgIpc) is 3.56. The molecular weight excluding hydrogens is 639 g/mol. The van der Waals surface area contributed by atoms with Gasteiger partial charge in [0.1, 0.15) is 5.69 Å². The highest BCUT2D eigenvalue weighted by molar-refractivity contribution is 6.35. The molecule has 260 valence electrons. The number of benzene rings is 1. The third-order valence-corrected chi connectivity index (χ3v) is 9.74. The molecule has 13 nitrogen and oxygen atoms in total. The zero-order chi connectivity index (χ0) is 34.5. The van der Waals surface area contributed by atoms with Gasteiger partial charge in [-0.3, -0.25) is 19.4 Å². The summed E-state index contributed by atoms with van der Waals surface area (Å²) in [6.45, 7) is 12.5. The van der Waals surface area contributed by atoms with Crippen LogP contribution in [0.25, 0.3) is 5.69 Å². The fourth-order valence-corrected chi connectivity index (χ4v) is 6.48. The van der Waals surface area contributed by atoms with Crippen molar-refractivity contribution in [2.24, 2.45) is 0 Å². The van der Waals surface area contributed by atoms with Crippen LogP contribution in [0.15, 0.2) is 24.5 Å². The SMILES string of the molecule is CCCc1c(OC)ncc(C(=O)Nc2cc(-n3cc(C(=O)NCCN4CCN(C)CC4)nn3)c(F)cc2N2C[C@@H](C)N(C)[C@@H](C)C2)c1Cl.